The van der Waals surface area contributed by atoms with Crippen LogP contribution in [-0.2, 0) is 14.3 Å². The molecule has 0 heterocycles. The maximum absolute atomic E-state index is 13.6. The van der Waals surface area contributed by atoms with Crippen LogP contribution in [0, 0.1) is 5.82 Å². The number of hydrogen-bond acceptors (Lipinski definition) is 4. The number of amides is 1. The summed E-state index contributed by atoms with van der Waals surface area (Å²) in [5, 5.41) is 2.74. The predicted molar refractivity (Wildman–Crippen MR) is 78.8 cm³/mol. The van der Waals surface area contributed by atoms with Gasteiger partial charge in [0.2, 0.25) is 5.91 Å². The van der Waals surface area contributed by atoms with Gasteiger partial charge in [0.05, 0.1) is 25.8 Å². The zero-order valence-electron chi connectivity index (χ0n) is 12.0. The molecule has 0 aliphatic rings. The highest BCUT2D eigenvalue weighted by Crippen LogP contribution is 2.18. The molecule has 0 unspecified atom stereocenters. The smallest absolute Gasteiger partial charge is 0.306 e. The predicted octanol–water partition coefficient (Wildman–Crippen LogP) is 2.30. The van der Waals surface area contributed by atoms with Crippen molar-refractivity contribution < 1.29 is 18.7 Å². The maximum Gasteiger partial charge on any atom is 0.306 e. The molecule has 0 atom stereocenters. The van der Waals surface area contributed by atoms with E-state index in [4.69, 9.17) is 11.6 Å². The molecular weight excluding hydrogens is 299 g/mol. The molecule has 1 N–H and O–H groups in total. The topological polar surface area (TPSA) is 58.6 Å². The van der Waals surface area contributed by atoms with Gasteiger partial charge in [-0.2, -0.15) is 0 Å². The molecule has 5 nitrogen and oxygen atoms in total. The second-order valence-electron chi connectivity index (χ2n) is 4.37. The Morgan fingerprint density at radius 2 is 2.14 bits per heavy atom. The largest absolute Gasteiger partial charge is 0.469 e. The van der Waals surface area contributed by atoms with Gasteiger partial charge in [0.1, 0.15) is 5.82 Å². The maximum atomic E-state index is 13.6. The summed E-state index contributed by atoms with van der Waals surface area (Å²) >= 11 is 5.64. The van der Waals surface area contributed by atoms with E-state index in [2.05, 4.69) is 10.1 Å². The Morgan fingerprint density at radius 3 is 2.71 bits per heavy atom. The number of hydrogen-bond donors (Lipinski definition) is 1. The zero-order valence-corrected chi connectivity index (χ0v) is 12.7. The lowest BCUT2D eigenvalue weighted by atomic mass is 10.3. The van der Waals surface area contributed by atoms with Gasteiger partial charge in [0.15, 0.2) is 0 Å². The van der Waals surface area contributed by atoms with E-state index in [0.29, 0.717) is 13.1 Å². The summed E-state index contributed by atoms with van der Waals surface area (Å²) in [6.07, 6.45) is 0.201. The Hall–Kier alpha value is -1.66. The van der Waals surface area contributed by atoms with Gasteiger partial charge < -0.3 is 10.1 Å². The van der Waals surface area contributed by atoms with Crippen molar-refractivity contribution in [1.29, 1.82) is 0 Å². The van der Waals surface area contributed by atoms with Crippen LogP contribution < -0.4 is 5.32 Å². The second-order valence-corrected chi connectivity index (χ2v) is 4.80. The summed E-state index contributed by atoms with van der Waals surface area (Å²) in [4.78, 5) is 24.7. The number of carbonyl (C=O) groups is 2. The third-order valence-corrected chi connectivity index (χ3v) is 3.11. The summed E-state index contributed by atoms with van der Waals surface area (Å²) < 4.78 is 18.1. The molecule has 0 saturated heterocycles. The van der Waals surface area contributed by atoms with Crippen LogP contribution in [0.15, 0.2) is 18.2 Å². The number of likely N-dealkylation sites (N-methyl/N-ethyl adjacent to an activating group) is 1. The molecule has 116 valence electrons. The lowest BCUT2D eigenvalue weighted by Crippen LogP contribution is -2.34. The van der Waals surface area contributed by atoms with Crippen LogP contribution in [-0.4, -0.2) is 43.5 Å². The van der Waals surface area contributed by atoms with Crippen LogP contribution >= 0.6 is 11.6 Å². The summed E-state index contributed by atoms with van der Waals surface area (Å²) in [6.45, 7) is 2.93. The van der Waals surface area contributed by atoms with Crippen molar-refractivity contribution in [2.75, 3.05) is 32.1 Å². The first-order valence-corrected chi connectivity index (χ1v) is 6.88. The van der Waals surface area contributed by atoms with Crippen molar-refractivity contribution >= 4 is 29.2 Å². The molecule has 1 aromatic rings. The molecule has 7 heteroatoms. The summed E-state index contributed by atoms with van der Waals surface area (Å²) in [5.41, 5.74) is 0.0772. The van der Waals surface area contributed by atoms with Gasteiger partial charge in [0.25, 0.3) is 0 Å². The van der Waals surface area contributed by atoms with Gasteiger partial charge in [-0.15, -0.1) is 0 Å². The number of nitrogens with one attached hydrogen (secondary N) is 1. The lowest BCUT2D eigenvalue weighted by Gasteiger charge is -2.19. The molecule has 0 bridgehead atoms. The number of nitrogens with zero attached hydrogens (tertiary/aromatic N) is 1. The molecular formula is C14H18ClFN2O3. The molecule has 0 aliphatic carbocycles. The number of benzene rings is 1. The standard InChI is InChI=1S/C14H18ClFN2O3/c1-3-18(7-6-14(20)21-2)9-13(19)17-12-5-4-10(15)8-11(12)16/h4-5,8H,3,6-7,9H2,1-2H3,(H,17,19). The van der Waals surface area contributed by atoms with E-state index in [0.717, 1.165) is 6.07 Å². The van der Waals surface area contributed by atoms with Gasteiger partial charge in [0, 0.05) is 11.6 Å². The molecule has 0 aromatic heterocycles. The van der Waals surface area contributed by atoms with Crippen LogP contribution in [0.2, 0.25) is 5.02 Å². The number of ether oxygens (including phenoxy) is 1. The van der Waals surface area contributed by atoms with E-state index in [-0.39, 0.29) is 35.6 Å². The molecule has 0 spiro atoms. The molecule has 0 radical (unpaired) electrons. The normalized spacial score (nSPS) is 10.5. The average Bonchev–Trinajstić information content (AvgIpc) is 2.46. The fourth-order valence-corrected chi connectivity index (χ4v) is 1.84. The SMILES string of the molecule is CCN(CCC(=O)OC)CC(=O)Nc1ccc(Cl)cc1F. The van der Waals surface area contributed by atoms with E-state index in [9.17, 15) is 14.0 Å². The van der Waals surface area contributed by atoms with E-state index >= 15 is 0 Å². The number of methoxy groups -OCH3 is 1. The Balaban J connectivity index is 2.52. The van der Waals surface area contributed by atoms with E-state index in [1.807, 2.05) is 6.92 Å². The van der Waals surface area contributed by atoms with Gasteiger partial charge in [-0.3, -0.25) is 14.5 Å². The third kappa shape index (κ3) is 6.10. The number of rotatable bonds is 7. The minimum Gasteiger partial charge on any atom is -0.469 e. The Kier molecular flexibility index (Phi) is 7.11. The van der Waals surface area contributed by atoms with Crippen molar-refractivity contribution in [3.8, 4) is 0 Å². The molecule has 0 saturated carbocycles. The molecule has 1 aromatic carbocycles. The Bertz CT molecular complexity index is 511. The zero-order chi connectivity index (χ0) is 15.8. The number of carbonyl (C=O) groups excluding carboxylic acids is 2. The van der Waals surface area contributed by atoms with Crippen LogP contribution in [0.25, 0.3) is 0 Å². The van der Waals surface area contributed by atoms with E-state index in [1.165, 1.54) is 19.2 Å². The Labute approximate surface area is 128 Å². The van der Waals surface area contributed by atoms with Crippen LogP contribution in [0.4, 0.5) is 10.1 Å². The van der Waals surface area contributed by atoms with Crippen LogP contribution in [0.1, 0.15) is 13.3 Å². The first-order valence-electron chi connectivity index (χ1n) is 6.50. The molecule has 0 fully saturated rings. The van der Waals surface area contributed by atoms with Gasteiger partial charge in [-0.25, -0.2) is 4.39 Å². The van der Waals surface area contributed by atoms with Crippen molar-refractivity contribution in [2.45, 2.75) is 13.3 Å². The fraction of sp³-hybridized carbons (Fsp3) is 0.429. The molecule has 1 rings (SSSR count). The Morgan fingerprint density at radius 1 is 1.43 bits per heavy atom. The van der Waals surface area contributed by atoms with Gasteiger partial charge in [-0.1, -0.05) is 18.5 Å². The quantitative estimate of drug-likeness (QED) is 0.784. The van der Waals surface area contributed by atoms with Crippen molar-refractivity contribution in [3.05, 3.63) is 29.0 Å². The summed E-state index contributed by atoms with van der Waals surface area (Å²) in [7, 11) is 1.31. The number of anilines is 1. The minimum atomic E-state index is -0.589. The van der Waals surface area contributed by atoms with Crippen molar-refractivity contribution in [2.24, 2.45) is 0 Å². The van der Waals surface area contributed by atoms with E-state index in [1.54, 1.807) is 4.90 Å². The molecule has 21 heavy (non-hydrogen) atoms. The third-order valence-electron chi connectivity index (χ3n) is 2.88. The average molecular weight is 317 g/mol. The first-order chi connectivity index (χ1) is 9.96. The highest BCUT2D eigenvalue weighted by atomic mass is 35.5. The monoisotopic (exact) mass is 316 g/mol. The number of halogens is 2. The van der Waals surface area contributed by atoms with Crippen LogP contribution in [0.5, 0.6) is 0 Å². The van der Waals surface area contributed by atoms with Crippen molar-refractivity contribution in [1.82, 2.24) is 4.90 Å². The van der Waals surface area contributed by atoms with E-state index < -0.39 is 5.82 Å². The summed E-state index contributed by atoms with van der Waals surface area (Å²) in [5.74, 6) is -1.28. The highest BCUT2D eigenvalue weighted by molar-refractivity contribution is 6.30. The highest BCUT2D eigenvalue weighted by Gasteiger charge is 2.13. The minimum absolute atomic E-state index is 0.0650. The van der Waals surface area contributed by atoms with Gasteiger partial charge >= 0.3 is 5.97 Å². The fourth-order valence-electron chi connectivity index (χ4n) is 1.68. The second kappa shape index (κ2) is 8.59. The van der Waals surface area contributed by atoms with Crippen molar-refractivity contribution in [3.63, 3.8) is 0 Å². The summed E-state index contributed by atoms with van der Waals surface area (Å²) in [6, 6.07) is 4.03. The molecule has 1 amide bonds. The first kappa shape index (κ1) is 17.4. The van der Waals surface area contributed by atoms with Crippen LogP contribution in [0.3, 0.4) is 0 Å². The lowest BCUT2D eigenvalue weighted by molar-refractivity contribution is -0.141. The molecule has 0 aliphatic heterocycles. The van der Waals surface area contributed by atoms with Gasteiger partial charge in [-0.05, 0) is 24.7 Å². The number of esters is 1.